The van der Waals surface area contributed by atoms with Crippen molar-refractivity contribution in [3.63, 3.8) is 0 Å². The molecule has 2 N–H and O–H groups in total. The molecule has 1 saturated carbocycles. The van der Waals surface area contributed by atoms with Gasteiger partial charge in [0.25, 0.3) is 0 Å². The number of ether oxygens (including phenoxy) is 2. The summed E-state index contributed by atoms with van der Waals surface area (Å²) in [6, 6.07) is 6.05. The predicted octanol–water partition coefficient (Wildman–Crippen LogP) is 2.82. The zero-order chi connectivity index (χ0) is 12.3. The zero-order valence-electron chi connectivity index (χ0n) is 10.7. The number of rotatable bonds is 4. The maximum atomic E-state index is 6.44. The molecule has 0 aromatic heterocycles. The van der Waals surface area contributed by atoms with E-state index in [1.807, 2.05) is 19.1 Å². The number of nitrogens with two attached hydrogens (primary N) is 1. The summed E-state index contributed by atoms with van der Waals surface area (Å²) in [5, 5.41) is 0. The number of hydrogen-bond donors (Lipinski definition) is 1. The third-order valence-electron chi connectivity index (χ3n) is 3.53. The van der Waals surface area contributed by atoms with Crippen molar-refractivity contribution in [2.45, 2.75) is 38.1 Å². The minimum atomic E-state index is -0.169. The molecule has 1 aromatic rings. The fraction of sp³-hybridized carbons (Fsp3) is 0.571. The van der Waals surface area contributed by atoms with E-state index < -0.39 is 0 Å². The van der Waals surface area contributed by atoms with Gasteiger partial charge in [-0.05, 0) is 37.5 Å². The molecule has 0 atom stereocenters. The van der Waals surface area contributed by atoms with Crippen LogP contribution in [0.5, 0.6) is 11.5 Å². The summed E-state index contributed by atoms with van der Waals surface area (Å²) in [6.07, 6.45) is 4.55. The van der Waals surface area contributed by atoms with Gasteiger partial charge in [-0.15, -0.1) is 0 Å². The summed E-state index contributed by atoms with van der Waals surface area (Å²) in [5.41, 5.74) is 7.44. The van der Waals surface area contributed by atoms with Crippen LogP contribution in [0.15, 0.2) is 18.2 Å². The summed E-state index contributed by atoms with van der Waals surface area (Å²) < 4.78 is 10.9. The van der Waals surface area contributed by atoms with E-state index >= 15 is 0 Å². The van der Waals surface area contributed by atoms with Crippen molar-refractivity contribution in [1.82, 2.24) is 0 Å². The molecule has 1 aliphatic rings. The first kappa shape index (κ1) is 12.2. The van der Waals surface area contributed by atoms with Crippen molar-refractivity contribution in [2.24, 2.45) is 5.73 Å². The maximum absolute atomic E-state index is 6.44. The number of benzene rings is 1. The van der Waals surface area contributed by atoms with Crippen molar-refractivity contribution in [1.29, 1.82) is 0 Å². The normalized spacial score (nSPS) is 18.1. The van der Waals surface area contributed by atoms with Gasteiger partial charge in [0.05, 0.1) is 13.7 Å². The monoisotopic (exact) mass is 235 g/mol. The Kier molecular flexibility index (Phi) is 3.57. The lowest BCUT2D eigenvalue weighted by Crippen LogP contribution is -2.33. The van der Waals surface area contributed by atoms with Gasteiger partial charge in [0.1, 0.15) is 0 Å². The average molecular weight is 235 g/mol. The summed E-state index contributed by atoms with van der Waals surface area (Å²) in [5.74, 6) is 1.57. The molecule has 0 amide bonds. The Balaban J connectivity index is 2.32. The van der Waals surface area contributed by atoms with Crippen LogP contribution in [0.3, 0.4) is 0 Å². The highest BCUT2D eigenvalue weighted by atomic mass is 16.5. The Morgan fingerprint density at radius 2 is 1.94 bits per heavy atom. The molecule has 0 bridgehead atoms. The lowest BCUT2D eigenvalue weighted by molar-refractivity contribution is 0.309. The molecule has 94 valence electrons. The van der Waals surface area contributed by atoms with Gasteiger partial charge in [-0.2, -0.15) is 0 Å². The second kappa shape index (κ2) is 4.96. The van der Waals surface area contributed by atoms with Gasteiger partial charge in [-0.25, -0.2) is 0 Å². The molecule has 3 heteroatoms. The average Bonchev–Trinajstić information content (AvgIpc) is 2.78. The molecule has 0 spiro atoms. The largest absolute Gasteiger partial charge is 0.493 e. The number of methoxy groups -OCH3 is 1. The summed E-state index contributed by atoms with van der Waals surface area (Å²) in [7, 11) is 1.66. The van der Waals surface area contributed by atoms with Gasteiger partial charge in [0.15, 0.2) is 11.5 Å². The van der Waals surface area contributed by atoms with E-state index in [0.717, 1.165) is 24.3 Å². The van der Waals surface area contributed by atoms with Crippen LogP contribution in [-0.2, 0) is 5.54 Å². The molecule has 1 aliphatic carbocycles. The molecule has 0 saturated heterocycles. The van der Waals surface area contributed by atoms with Crippen molar-refractivity contribution >= 4 is 0 Å². The fourth-order valence-corrected chi connectivity index (χ4v) is 2.55. The Morgan fingerprint density at radius 1 is 1.24 bits per heavy atom. The van der Waals surface area contributed by atoms with Gasteiger partial charge in [0, 0.05) is 5.54 Å². The Bertz CT molecular complexity index is 384. The van der Waals surface area contributed by atoms with Gasteiger partial charge >= 0.3 is 0 Å². The summed E-state index contributed by atoms with van der Waals surface area (Å²) in [4.78, 5) is 0. The Hall–Kier alpha value is -1.22. The van der Waals surface area contributed by atoms with Crippen LogP contribution in [0.1, 0.15) is 38.2 Å². The van der Waals surface area contributed by atoms with E-state index in [1.165, 1.54) is 18.4 Å². The first-order valence-electron chi connectivity index (χ1n) is 6.30. The predicted molar refractivity (Wildman–Crippen MR) is 68.5 cm³/mol. The molecule has 1 fully saturated rings. The Morgan fingerprint density at radius 3 is 2.53 bits per heavy atom. The standard InChI is InChI=1S/C14H21NO2/c1-3-17-13-10-11(6-7-12(13)16-2)14(15)8-4-5-9-14/h6-7,10H,3-5,8-9,15H2,1-2H3. The fourth-order valence-electron chi connectivity index (χ4n) is 2.55. The molecule has 2 rings (SSSR count). The lowest BCUT2D eigenvalue weighted by Gasteiger charge is -2.25. The van der Waals surface area contributed by atoms with Gasteiger partial charge in [-0.1, -0.05) is 18.9 Å². The first-order chi connectivity index (χ1) is 8.19. The quantitative estimate of drug-likeness (QED) is 0.872. The summed E-state index contributed by atoms with van der Waals surface area (Å²) in [6.45, 7) is 2.61. The minimum Gasteiger partial charge on any atom is -0.493 e. The number of hydrogen-bond acceptors (Lipinski definition) is 3. The second-order valence-electron chi connectivity index (χ2n) is 4.66. The minimum absolute atomic E-state index is 0.169. The van der Waals surface area contributed by atoms with E-state index in [4.69, 9.17) is 15.2 Å². The molecule has 3 nitrogen and oxygen atoms in total. The van der Waals surface area contributed by atoms with Crippen LogP contribution in [0.25, 0.3) is 0 Å². The van der Waals surface area contributed by atoms with Crippen LogP contribution in [0, 0.1) is 0 Å². The third kappa shape index (κ3) is 2.39. The van der Waals surface area contributed by atoms with E-state index in [1.54, 1.807) is 7.11 Å². The zero-order valence-corrected chi connectivity index (χ0v) is 10.7. The van der Waals surface area contributed by atoms with Crippen LogP contribution >= 0.6 is 0 Å². The van der Waals surface area contributed by atoms with Crippen LogP contribution in [0.4, 0.5) is 0 Å². The van der Waals surface area contributed by atoms with Crippen molar-refractivity contribution in [2.75, 3.05) is 13.7 Å². The van der Waals surface area contributed by atoms with Gasteiger partial charge in [0.2, 0.25) is 0 Å². The molecule has 1 aromatic carbocycles. The van der Waals surface area contributed by atoms with E-state index in [-0.39, 0.29) is 5.54 Å². The van der Waals surface area contributed by atoms with Crippen LogP contribution in [-0.4, -0.2) is 13.7 Å². The smallest absolute Gasteiger partial charge is 0.161 e. The second-order valence-corrected chi connectivity index (χ2v) is 4.66. The third-order valence-corrected chi connectivity index (χ3v) is 3.53. The van der Waals surface area contributed by atoms with Gasteiger partial charge in [-0.3, -0.25) is 0 Å². The van der Waals surface area contributed by atoms with Crippen molar-refractivity contribution in [3.8, 4) is 11.5 Å². The highest BCUT2D eigenvalue weighted by Gasteiger charge is 2.31. The summed E-state index contributed by atoms with van der Waals surface area (Å²) >= 11 is 0. The first-order valence-corrected chi connectivity index (χ1v) is 6.30. The molecule has 0 heterocycles. The van der Waals surface area contributed by atoms with E-state index in [9.17, 15) is 0 Å². The molecular formula is C14H21NO2. The topological polar surface area (TPSA) is 44.5 Å². The van der Waals surface area contributed by atoms with Gasteiger partial charge < -0.3 is 15.2 Å². The Labute approximate surface area is 103 Å². The van der Waals surface area contributed by atoms with Crippen LogP contribution < -0.4 is 15.2 Å². The lowest BCUT2D eigenvalue weighted by atomic mass is 9.89. The van der Waals surface area contributed by atoms with Crippen molar-refractivity contribution < 1.29 is 9.47 Å². The maximum Gasteiger partial charge on any atom is 0.161 e. The molecular weight excluding hydrogens is 214 g/mol. The highest BCUT2D eigenvalue weighted by molar-refractivity contribution is 5.45. The van der Waals surface area contributed by atoms with E-state index in [2.05, 4.69) is 6.07 Å². The van der Waals surface area contributed by atoms with Crippen molar-refractivity contribution in [3.05, 3.63) is 23.8 Å². The van der Waals surface area contributed by atoms with Crippen LogP contribution in [0.2, 0.25) is 0 Å². The molecule has 17 heavy (non-hydrogen) atoms. The highest BCUT2D eigenvalue weighted by Crippen LogP contribution is 2.39. The molecule has 0 aliphatic heterocycles. The van der Waals surface area contributed by atoms with E-state index in [0.29, 0.717) is 6.61 Å². The SMILES string of the molecule is CCOc1cc(C2(N)CCCC2)ccc1OC. The molecule has 0 radical (unpaired) electrons. The molecule has 0 unspecified atom stereocenters.